The standard InChI is InChI=1S/C18H25N5O4S/c1-5-28(25,26)27-14-8-6-13(7-9-14)22-18-20-10-15(16(19)24)17(23-18)21-12(4)11(2)3/h6-12H,5H2,1-4H3,(H2,19,24)(H2,20,21,22,23)/t12-/m1/s1. The Morgan fingerprint density at radius 1 is 1.21 bits per heavy atom. The third-order valence-electron chi connectivity index (χ3n) is 4.11. The number of hydrogen-bond acceptors (Lipinski definition) is 8. The van der Waals surface area contributed by atoms with Gasteiger partial charge in [-0.1, -0.05) is 13.8 Å². The van der Waals surface area contributed by atoms with Gasteiger partial charge in [-0.05, 0) is 44.0 Å². The van der Waals surface area contributed by atoms with Crippen LogP contribution < -0.4 is 20.6 Å². The molecule has 1 aromatic heterocycles. The lowest BCUT2D eigenvalue weighted by Gasteiger charge is -2.19. The van der Waals surface area contributed by atoms with Crippen LogP contribution in [0.15, 0.2) is 30.5 Å². The predicted octanol–water partition coefficient (Wildman–Crippen LogP) is 2.50. The van der Waals surface area contributed by atoms with Gasteiger partial charge in [0.25, 0.3) is 5.91 Å². The molecule has 1 aromatic carbocycles. The monoisotopic (exact) mass is 407 g/mol. The summed E-state index contributed by atoms with van der Waals surface area (Å²) in [6, 6.07) is 6.38. The number of nitrogens with two attached hydrogens (primary N) is 1. The number of benzene rings is 1. The van der Waals surface area contributed by atoms with Gasteiger partial charge < -0.3 is 20.6 Å². The van der Waals surface area contributed by atoms with E-state index in [1.54, 1.807) is 12.1 Å². The van der Waals surface area contributed by atoms with Crippen LogP contribution >= 0.6 is 0 Å². The minimum atomic E-state index is -3.58. The average molecular weight is 407 g/mol. The summed E-state index contributed by atoms with van der Waals surface area (Å²) in [6.07, 6.45) is 1.36. The molecule has 0 radical (unpaired) electrons. The van der Waals surface area contributed by atoms with E-state index in [0.717, 1.165) is 0 Å². The van der Waals surface area contributed by atoms with E-state index in [2.05, 4.69) is 20.6 Å². The molecule has 1 amide bonds. The Bertz CT molecular complexity index is 929. The first-order chi connectivity index (χ1) is 13.1. The van der Waals surface area contributed by atoms with Crippen LogP contribution in [0.5, 0.6) is 5.75 Å². The van der Waals surface area contributed by atoms with Crippen molar-refractivity contribution in [2.75, 3.05) is 16.4 Å². The first kappa shape index (κ1) is 21.4. The van der Waals surface area contributed by atoms with E-state index < -0.39 is 16.0 Å². The first-order valence-corrected chi connectivity index (χ1v) is 10.4. The van der Waals surface area contributed by atoms with Gasteiger partial charge >= 0.3 is 10.1 Å². The van der Waals surface area contributed by atoms with Crippen LogP contribution in [-0.2, 0) is 10.1 Å². The van der Waals surface area contributed by atoms with Gasteiger partial charge in [0.05, 0.1) is 11.3 Å². The molecule has 2 rings (SSSR count). The Morgan fingerprint density at radius 3 is 2.39 bits per heavy atom. The maximum atomic E-state index is 11.6. The number of amides is 1. The highest BCUT2D eigenvalue weighted by Crippen LogP contribution is 2.22. The summed E-state index contributed by atoms with van der Waals surface area (Å²) in [6.45, 7) is 7.58. The second kappa shape index (κ2) is 8.87. The van der Waals surface area contributed by atoms with Crippen molar-refractivity contribution < 1.29 is 17.4 Å². The summed E-state index contributed by atoms with van der Waals surface area (Å²) < 4.78 is 27.9. The van der Waals surface area contributed by atoms with E-state index in [4.69, 9.17) is 9.92 Å². The number of carbonyl (C=O) groups excluding carboxylic acids is 1. The number of carbonyl (C=O) groups is 1. The van der Waals surface area contributed by atoms with Crippen LogP contribution in [0.1, 0.15) is 38.1 Å². The molecule has 0 aliphatic rings. The van der Waals surface area contributed by atoms with Crippen molar-refractivity contribution in [1.82, 2.24) is 9.97 Å². The van der Waals surface area contributed by atoms with Crippen LogP contribution in [0.4, 0.5) is 17.5 Å². The highest BCUT2D eigenvalue weighted by molar-refractivity contribution is 7.87. The van der Waals surface area contributed by atoms with Gasteiger partial charge in [-0.2, -0.15) is 13.4 Å². The average Bonchev–Trinajstić information content (AvgIpc) is 2.63. The normalized spacial score (nSPS) is 12.5. The summed E-state index contributed by atoms with van der Waals surface area (Å²) in [4.78, 5) is 20.1. The number of rotatable bonds is 9. The molecule has 1 atom stereocenters. The number of hydrogen-bond donors (Lipinski definition) is 3. The van der Waals surface area contributed by atoms with Crippen LogP contribution in [0.3, 0.4) is 0 Å². The summed E-state index contributed by atoms with van der Waals surface area (Å²) in [5.74, 6) is 0.407. The second-order valence-corrected chi connectivity index (χ2v) is 8.44. The van der Waals surface area contributed by atoms with Crippen LogP contribution in [-0.4, -0.2) is 36.1 Å². The first-order valence-electron chi connectivity index (χ1n) is 8.84. The van der Waals surface area contributed by atoms with Gasteiger partial charge in [0, 0.05) is 17.9 Å². The fourth-order valence-corrected chi connectivity index (χ4v) is 2.57. The van der Waals surface area contributed by atoms with Crippen molar-refractivity contribution >= 4 is 33.5 Å². The Balaban J connectivity index is 2.20. The molecule has 0 unspecified atom stereocenters. The Morgan fingerprint density at radius 2 is 1.86 bits per heavy atom. The second-order valence-electron chi connectivity index (χ2n) is 6.58. The Hall–Kier alpha value is -2.88. The predicted molar refractivity (Wildman–Crippen MR) is 108 cm³/mol. The lowest BCUT2D eigenvalue weighted by Crippen LogP contribution is -2.25. The third kappa shape index (κ3) is 5.81. The van der Waals surface area contributed by atoms with Crippen molar-refractivity contribution in [3.63, 3.8) is 0 Å². The molecule has 0 spiro atoms. The zero-order valence-corrected chi connectivity index (χ0v) is 17.1. The van der Waals surface area contributed by atoms with Gasteiger partial charge in [-0.15, -0.1) is 0 Å². The van der Waals surface area contributed by atoms with E-state index in [1.807, 2.05) is 20.8 Å². The molecule has 10 heteroatoms. The Kier molecular flexibility index (Phi) is 6.79. The van der Waals surface area contributed by atoms with Crippen molar-refractivity contribution in [2.45, 2.75) is 33.7 Å². The fraction of sp³-hybridized carbons (Fsp3) is 0.389. The van der Waals surface area contributed by atoms with E-state index >= 15 is 0 Å². The molecule has 0 saturated carbocycles. The van der Waals surface area contributed by atoms with E-state index in [1.165, 1.54) is 25.3 Å². The van der Waals surface area contributed by atoms with E-state index in [9.17, 15) is 13.2 Å². The molecule has 4 N–H and O–H groups in total. The molecule has 1 heterocycles. The third-order valence-corrected chi connectivity index (χ3v) is 5.26. The number of anilines is 3. The lowest BCUT2D eigenvalue weighted by molar-refractivity contribution is 0.100. The Labute approximate surface area is 164 Å². The zero-order chi connectivity index (χ0) is 20.9. The molecule has 0 bridgehead atoms. The molecule has 0 aliphatic carbocycles. The molecule has 0 fully saturated rings. The number of nitrogens with zero attached hydrogens (tertiary/aromatic N) is 2. The van der Waals surface area contributed by atoms with Gasteiger partial charge in [0.1, 0.15) is 11.6 Å². The van der Waals surface area contributed by atoms with Gasteiger partial charge in [-0.3, -0.25) is 4.79 Å². The van der Waals surface area contributed by atoms with Gasteiger partial charge in [0.2, 0.25) is 5.95 Å². The fourth-order valence-electron chi connectivity index (χ4n) is 2.04. The highest BCUT2D eigenvalue weighted by atomic mass is 32.2. The minimum Gasteiger partial charge on any atom is -0.382 e. The van der Waals surface area contributed by atoms with Gasteiger partial charge in [0.15, 0.2) is 0 Å². The molecular weight excluding hydrogens is 382 g/mol. The van der Waals surface area contributed by atoms with E-state index in [-0.39, 0.29) is 29.1 Å². The molecule has 9 nitrogen and oxygen atoms in total. The summed E-state index contributed by atoms with van der Waals surface area (Å²) in [7, 11) is -3.58. The topological polar surface area (TPSA) is 136 Å². The van der Waals surface area contributed by atoms with Crippen LogP contribution in [0.25, 0.3) is 0 Å². The zero-order valence-electron chi connectivity index (χ0n) is 16.3. The largest absolute Gasteiger partial charge is 0.382 e. The summed E-state index contributed by atoms with van der Waals surface area (Å²) in [5, 5.41) is 6.18. The van der Waals surface area contributed by atoms with Crippen molar-refractivity contribution in [3.05, 3.63) is 36.0 Å². The maximum absolute atomic E-state index is 11.6. The van der Waals surface area contributed by atoms with Crippen LogP contribution in [0, 0.1) is 5.92 Å². The van der Waals surface area contributed by atoms with E-state index in [0.29, 0.717) is 17.4 Å². The molecule has 2 aromatic rings. The van der Waals surface area contributed by atoms with Crippen molar-refractivity contribution in [2.24, 2.45) is 11.7 Å². The molecule has 152 valence electrons. The van der Waals surface area contributed by atoms with Crippen molar-refractivity contribution in [3.8, 4) is 5.75 Å². The molecule has 0 saturated heterocycles. The molecule has 28 heavy (non-hydrogen) atoms. The lowest BCUT2D eigenvalue weighted by atomic mass is 10.1. The highest BCUT2D eigenvalue weighted by Gasteiger charge is 2.16. The minimum absolute atomic E-state index is 0.0674. The summed E-state index contributed by atoms with van der Waals surface area (Å²) >= 11 is 0. The SMILES string of the molecule is CCS(=O)(=O)Oc1ccc(Nc2ncc(C(N)=O)c(N[C@H](C)C(C)C)n2)cc1. The quantitative estimate of drug-likeness (QED) is 0.539. The molecular formula is C18H25N5O4S. The number of aromatic nitrogens is 2. The van der Waals surface area contributed by atoms with Crippen molar-refractivity contribution in [1.29, 1.82) is 0 Å². The van der Waals surface area contributed by atoms with Crippen LogP contribution in [0.2, 0.25) is 0 Å². The maximum Gasteiger partial charge on any atom is 0.308 e. The number of primary amides is 1. The van der Waals surface area contributed by atoms with Gasteiger partial charge in [-0.25, -0.2) is 4.98 Å². The summed E-state index contributed by atoms with van der Waals surface area (Å²) in [5.41, 5.74) is 6.23. The number of nitrogens with one attached hydrogen (secondary N) is 2. The smallest absolute Gasteiger partial charge is 0.308 e. The molecule has 0 aliphatic heterocycles.